The zero-order valence-corrected chi connectivity index (χ0v) is 16.0. The number of nitrogens with one attached hydrogen (secondary N) is 1. The van der Waals surface area contributed by atoms with Gasteiger partial charge in [-0.05, 0) is 49.4 Å². The first kappa shape index (κ1) is 18.0. The van der Waals surface area contributed by atoms with Crippen molar-refractivity contribution in [3.05, 3.63) is 47.3 Å². The molecule has 1 saturated carbocycles. The lowest BCUT2D eigenvalue weighted by atomic mass is 10.1. The number of aromatic nitrogens is 2. The Bertz CT molecular complexity index is 795. The third-order valence-electron chi connectivity index (χ3n) is 5.36. The van der Waals surface area contributed by atoms with Gasteiger partial charge in [0.2, 0.25) is 5.91 Å². The lowest BCUT2D eigenvalue weighted by molar-refractivity contribution is -0.119. The molecule has 27 heavy (non-hydrogen) atoms. The van der Waals surface area contributed by atoms with Crippen molar-refractivity contribution in [3.63, 3.8) is 0 Å². The fourth-order valence-corrected chi connectivity index (χ4v) is 3.99. The van der Waals surface area contributed by atoms with E-state index in [1.54, 1.807) is 0 Å². The molecule has 0 bridgehead atoms. The lowest BCUT2D eigenvalue weighted by Crippen LogP contribution is -2.33. The summed E-state index contributed by atoms with van der Waals surface area (Å²) in [6.07, 6.45) is 5.33. The Kier molecular flexibility index (Phi) is 5.43. The second-order valence-electron chi connectivity index (χ2n) is 7.64. The third kappa shape index (κ3) is 4.69. The van der Waals surface area contributed by atoms with Gasteiger partial charge in [0.25, 0.3) is 0 Å². The molecule has 1 aliphatic heterocycles. The zero-order chi connectivity index (χ0) is 18.6. The van der Waals surface area contributed by atoms with Gasteiger partial charge in [-0.15, -0.1) is 0 Å². The summed E-state index contributed by atoms with van der Waals surface area (Å²) >= 11 is 0. The molecular weight excluding hydrogens is 340 g/mol. The number of amides is 1. The maximum Gasteiger partial charge on any atom is 0.217 e. The topological polar surface area (TPSA) is 59.4 Å². The summed E-state index contributed by atoms with van der Waals surface area (Å²) in [5.74, 6) is 0.973. The van der Waals surface area contributed by atoms with E-state index >= 15 is 0 Å². The monoisotopic (exact) mass is 368 g/mol. The largest absolute Gasteiger partial charge is 0.490 e. The van der Waals surface area contributed by atoms with Crippen molar-refractivity contribution in [1.29, 1.82) is 0 Å². The van der Waals surface area contributed by atoms with Crippen molar-refractivity contribution in [2.24, 2.45) is 0 Å². The van der Waals surface area contributed by atoms with Crippen molar-refractivity contribution in [2.45, 2.75) is 64.9 Å². The number of hydrogen-bond donors (Lipinski definition) is 1. The number of rotatable bonds is 6. The standard InChI is InChI=1S/C21H28N4O2/c1-16(26)22-13-18-12-19-15-24(9-10-25(19)23-18)14-17-5-4-8-21(11-17)27-20-6-2-3-7-20/h4-5,8,11-12,20H,2-3,6-7,9-10,13-15H2,1H3,(H,22,26). The molecule has 2 heterocycles. The SMILES string of the molecule is CC(=O)NCc1cc2n(n1)CCN(Cc1cccc(OC3CCCC3)c1)C2. The number of fused-ring (bicyclic) bond motifs is 1. The molecule has 1 amide bonds. The van der Waals surface area contributed by atoms with Gasteiger partial charge in [-0.25, -0.2) is 0 Å². The number of ether oxygens (including phenoxy) is 1. The highest BCUT2D eigenvalue weighted by Crippen LogP contribution is 2.25. The molecule has 6 heteroatoms. The van der Waals surface area contributed by atoms with Crippen LogP contribution in [0.1, 0.15) is 49.6 Å². The Morgan fingerprint density at radius 1 is 1.26 bits per heavy atom. The Hall–Kier alpha value is -2.34. The molecular formula is C21H28N4O2. The molecule has 1 aliphatic carbocycles. The second-order valence-corrected chi connectivity index (χ2v) is 7.64. The van der Waals surface area contributed by atoms with Gasteiger partial charge in [-0.1, -0.05) is 12.1 Å². The van der Waals surface area contributed by atoms with Crippen LogP contribution in [0.4, 0.5) is 0 Å². The van der Waals surface area contributed by atoms with E-state index in [1.165, 1.54) is 43.9 Å². The Labute approximate surface area is 160 Å². The first-order chi connectivity index (χ1) is 13.2. The highest BCUT2D eigenvalue weighted by molar-refractivity contribution is 5.72. The molecule has 2 aliphatic rings. The van der Waals surface area contributed by atoms with E-state index < -0.39 is 0 Å². The number of carbonyl (C=O) groups is 1. The molecule has 2 aromatic rings. The fraction of sp³-hybridized carbons (Fsp3) is 0.524. The summed E-state index contributed by atoms with van der Waals surface area (Å²) in [5, 5.41) is 7.41. The van der Waals surface area contributed by atoms with Gasteiger partial charge in [0.05, 0.1) is 30.6 Å². The highest BCUT2D eigenvalue weighted by atomic mass is 16.5. The number of hydrogen-bond acceptors (Lipinski definition) is 4. The van der Waals surface area contributed by atoms with Gasteiger partial charge in [-0.3, -0.25) is 14.4 Å². The summed E-state index contributed by atoms with van der Waals surface area (Å²) in [5.41, 5.74) is 3.42. The van der Waals surface area contributed by atoms with Crippen LogP contribution < -0.4 is 10.1 Å². The van der Waals surface area contributed by atoms with Crippen LogP contribution in [0.15, 0.2) is 30.3 Å². The minimum absolute atomic E-state index is 0.0256. The molecule has 1 fully saturated rings. The minimum Gasteiger partial charge on any atom is -0.490 e. The molecule has 0 unspecified atom stereocenters. The predicted octanol–water partition coefficient (Wildman–Crippen LogP) is 2.86. The number of nitrogens with zero attached hydrogens (tertiary/aromatic N) is 3. The van der Waals surface area contributed by atoms with E-state index in [0.717, 1.165) is 37.6 Å². The van der Waals surface area contributed by atoms with Gasteiger partial charge in [-0.2, -0.15) is 5.10 Å². The number of carbonyl (C=O) groups excluding carboxylic acids is 1. The van der Waals surface area contributed by atoms with Crippen LogP contribution >= 0.6 is 0 Å². The molecule has 0 spiro atoms. The Balaban J connectivity index is 1.36. The zero-order valence-electron chi connectivity index (χ0n) is 16.0. The molecule has 0 saturated heterocycles. The smallest absolute Gasteiger partial charge is 0.217 e. The van der Waals surface area contributed by atoms with Crippen molar-refractivity contribution < 1.29 is 9.53 Å². The summed E-state index contributed by atoms with van der Waals surface area (Å²) in [6, 6.07) is 10.6. The van der Waals surface area contributed by atoms with Crippen molar-refractivity contribution in [3.8, 4) is 5.75 Å². The van der Waals surface area contributed by atoms with E-state index in [0.29, 0.717) is 12.6 Å². The molecule has 1 aromatic carbocycles. The molecule has 0 atom stereocenters. The van der Waals surface area contributed by atoms with Gasteiger partial charge in [0.1, 0.15) is 5.75 Å². The molecule has 4 rings (SSSR count). The summed E-state index contributed by atoms with van der Waals surface area (Å²) in [4.78, 5) is 13.5. The quantitative estimate of drug-likeness (QED) is 0.852. The predicted molar refractivity (Wildman–Crippen MR) is 103 cm³/mol. The molecule has 6 nitrogen and oxygen atoms in total. The van der Waals surface area contributed by atoms with E-state index in [2.05, 4.69) is 50.3 Å². The third-order valence-corrected chi connectivity index (χ3v) is 5.36. The van der Waals surface area contributed by atoms with Crippen molar-refractivity contribution in [2.75, 3.05) is 6.54 Å². The first-order valence-corrected chi connectivity index (χ1v) is 9.94. The van der Waals surface area contributed by atoms with Gasteiger partial charge in [0, 0.05) is 26.6 Å². The van der Waals surface area contributed by atoms with Crippen molar-refractivity contribution in [1.82, 2.24) is 20.0 Å². The second kappa shape index (κ2) is 8.13. The Morgan fingerprint density at radius 3 is 2.93 bits per heavy atom. The van der Waals surface area contributed by atoms with E-state index in [4.69, 9.17) is 4.74 Å². The minimum atomic E-state index is -0.0256. The number of benzene rings is 1. The van der Waals surface area contributed by atoms with Crippen LogP contribution in [0.25, 0.3) is 0 Å². The van der Waals surface area contributed by atoms with Crippen LogP contribution in [-0.2, 0) is 31.0 Å². The van der Waals surface area contributed by atoms with Gasteiger partial charge in [0.15, 0.2) is 0 Å². The van der Waals surface area contributed by atoms with Gasteiger partial charge < -0.3 is 10.1 Å². The maximum absolute atomic E-state index is 11.1. The molecule has 1 N–H and O–H groups in total. The first-order valence-electron chi connectivity index (χ1n) is 9.94. The molecule has 144 valence electrons. The normalized spacial score (nSPS) is 17.7. The van der Waals surface area contributed by atoms with Gasteiger partial charge >= 0.3 is 0 Å². The fourth-order valence-electron chi connectivity index (χ4n) is 3.99. The van der Waals surface area contributed by atoms with E-state index in [9.17, 15) is 4.79 Å². The van der Waals surface area contributed by atoms with Crippen LogP contribution in [-0.4, -0.2) is 33.2 Å². The van der Waals surface area contributed by atoms with Crippen LogP contribution in [0.2, 0.25) is 0 Å². The van der Waals surface area contributed by atoms with Crippen LogP contribution in [0, 0.1) is 0 Å². The lowest BCUT2D eigenvalue weighted by Gasteiger charge is -2.27. The summed E-state index contributed by atoms with van der Waals surface area (Å²) < 4.78 is 8.21. The Morgan fingerprint density at radius 2 is 2.11 bits per heavy atom. The summed E-state index contributed by atoms with van der Waals surface area (Å²) in [6.45, 7) is 5.67. The molecule has 1 aromatic heterocycles. The molecule has 0 radical (unpaired) electrons. The summed E-state index contributed by atoms with van der Waals surface area (Å²) in [7, 11) is 0. The average Bonchev–Trinajstić information content (AvgIpc) is 3.29. The highest BCUT2D eigenvalue weighted by Gasteiger charge is 2.19. The van der Waals surface area contributed by atoms with Crippen LogP contribution in [0.3, 0.4) is 0 Å². The average molecular weight is 368 g/mol. The van der Waals surface area contributed by atoms with Crippen molar-refractivity contribution >= 4 is 5.91 Å². The van der Waals surface area contributed by atoms with Crippen LogP contribution in [0.5, 0.6) is 5.75 Å². The van der Waals surface area contributed by atoms with E-state index in [1.807, 2.05) is 0 Å². The van der Waals surface area contributed by atoms with E-state index in [-0.39, 0.29) is 5.91 Å². The maximum atomic E-state index is 11.1.